The maximum absolute atomic E-state index is 3.47. The van der Waals surface area contributed by atoms with Gasteiger partial charge in [0.25, 0.3) is 0 Å². The molecule has 1 aromatic rings. The zero-order valence-corrected chi connectivity index (χ0v) is 12.5. The van der Waals surface area contributed by atoms with E-state index in [2.05, 4.69) is 48.3 Å². The molecule has 0 spiro atoms. The molecule has 1 saturated heterocycles. The Bertz CT molecular complexity index is 358. The van der Waals surface area contributed by atoms with Crippen LogP contribution in [0.3, 0.4) is 0 Å². The molecule has 2 rings (SSSR count). The maximum atomic E-state index is 3.47. The number of anilines is 1. The summed E-state index contributed by atoms with van der Waals surface area (Å²) in [5, 5.41) is 3.47. The van der Waals surface area contributed by atoms with Gasteiger partial charge in [-0.25, -0.2) is 0 Å². The lowest BCUT2D eigenvalue weighted by Gasteiger charge is -2.19. The smallest absolute Gasteiger partial charge is 0.0366 e. The van der Waals surface area contributed by atoms with Crippen LogP contribution in [0.5, 0.6) is 0 Å². The second-order valence-corrected chi connectivity index (χ2v) is 5.68. The Labute approximate surface area is 118 Å². The highest BCUT2D eigenvalue weighted by Gasteiger charge is 2.21. The largest absolute Gasteiger partial charge is 0.371 e. The molecule has 1 aromatic carbocycles. The fraction of sp³-hybridized carbons (Fsp3) is 0.647. The van der Waals surface area contributed by atoms with E-state index in [0.29, 0.717) is 0 Å². The Hall–Kier alpha value is -1.02. The molecule has 1 unspecified atom stereocenters. The zero-order valence-electron chi connectivity index (χ0n) is 12.5. The Balaban J connectivity index is 1.85. The Morgan fingerprint density at radius 3 is 2.68 bits per heavy atom. The monoisotopic (exact) mass is 260 g/mol. The number of nitrogens with zero attached hydrogens (tertiary/aromatic N) is 1. The van der Waals surface area contributed by atoms with Crippen LogP contribution in [-0.4, -0.2) is 26.2 Å². The molecule has 0 radical (unpaired) electrons. The third kappa shape index (κ3) is 4.24. The van der Waals surface area contributed by atoms with E-state index in [4.69, 9.17) is 0 Å². The minimum absolute atomic E-state index is 0.819. The van der Waals surface area contributed by atoms with Gasteiger partial charge in [0.1, 0.15) is 0 Å². The lowest BCUT2D eigenvalue weighted by molar-refractivity contribution is 0.528. The van der Waals surface area contributed by atoms with Gasteiger partial charge in [0, 0.05) is 18.8 Å². The summed E-state index contributed by atoms with van der Waals surface area (Å²) in [4.78, 5) is 2.53. The van der Waals surface area contributed by atoms with Crippen LogP contribution in [-0.2, 0) is 6.42 Å². The lowest BCUT2D eigenvalue weighted by atomic mass is 10.1. The molecule has 0 aliphatic carbocycles. The van der Waals surface area contributed by atoms with Gasteiger partial charge in [0.15, 0.2) is 0 Å². The molecule has 106 valence electrons. The zero-order chi connectivity index (χ0) is 13.5. The fourth-order valence-corrected chi connectivity index (χ4v) is 2.84. The van der Waals surface area contributed by atoms with Crippen molar-refractivity contribution in [3.05, 3.63) is 29.8 Å². The van der Waals surface area contributed by atoms with Crippen molar-refractivity contribution < 1.29 is 0 Å². The summed E-state index contributed by atoms with van der Waals surface area (Å²) >= 11 is 0. The van der Waals surface area contributed by atoms with Gasteiger partial charge in [-0.1, -0.05) is 32.4 Å². The second kappa shape index (κ2) is 7.54. The van der Waals surface area contributed by atoms with Crippen LogP contribution in [0.4, 0.5) is 5.69 Å². The van der Waals surface area contributed by atoms with E-state index >= 15 is 0 Å². The average Bonchev–Trinajstić information content (AvgIpc) is 2.92. The van der Waals surface area contributed by atoms with Crippen molar-refractivity contribution in [3.63, 3.8) is 0 Å². The molecule has 1 heterocycles. The highest BCUT2D eigenvalue weighted by atomic mass is 15.2. The Kier molecular flexibility index (Phi) is 5.71. The highest BCUT2D eigenvalue weighted by Crippen LogP contribution is 2.24. The van der Waals surface area contributed by atoms with Gasteiger partial charge in [-0.2, -0.15) is 0 Å². The SMILES string of the molecule is CCCCc1ccc(N2CCC(CNCC)C2)cc1. The number of benzene rings is 1. The lowest BCUT2D eigenvalue weighted by Crippen LogP contribution is -2.26. The molecule has 1 aliphatic rings. The summed E-state index contributed by atoms with van der Waals surface area (Å²) in [7, 11) is 0. The average molecular weight is 260 g/mol. The summed E-state index contributed by atoms with van der Waals surface area (Å²) in [6.07, 6.45) is 5.12. The Morgan fingerprint density at radius 1 is 1.21 bits per heavy atom. The standard InChI is InChI=1S/C17H28N2/c1-3-5-6-15-7-9-17(10-8-15)19-12-11-16(14-19)13-18-4-2/h7-10,16,18H,3-6,11-14H2,1-2H3. The third-order valence-corrected chi connectivity index (χ3v) is 4.09. The molecule has 1 N–H and O–H groups in total. The third-order valence-electron chi connectivity index (χ3n) is 4.09. The van der Waals surface area contributed by atoms with Gasteiger partial charge >= 0.3 is 0 Å². The van der Waals surface area contributed by atoms with E-state index in [1.807, 2.05) is 0 Å². The molecule has 2 nitrogen and oxygen atoms in total. The summed E-state index contributed by atoms with van der Waals surface area (Å²) in [5.74, 6) is 0.819. The van der Waals surface area contributed by atoms with Crippen LogP contribution in [0.1, 0.15) is 38.7 Å². The van der Waals surface area contributed by atoms with Crippen LogP contribution in [0.25, 0.3) is 0 Å². The first kappa shape index (κ1) is 14.4. The van der Waals surface area contributed by atoms with E-state index in [9.17, 15) is 0 Å². The van der Waals surface area contributed by atoms with Crippen LogP contribution in [0.15, 0.2) is 24.3 Å². The molecular formula is C17H28N2. The predicted octanol–water partition coefficient (Wildman–Crippen LogP) is 3.47. The first-order valence-corrected chi connectivity index (χ1v) is 7.88. The summed E-state index contributed by atoms with van der Waals surface area (Å²) in [6, 6.07) is 9.23. The van der Waals surface area contributed by atoms with Gasteiger partial charge in [0.2, 0.25) is 0 Å². The number of nitrogens with one attached hydrogen (secondary N) is 1. The van der Waals surface area contributed by atoms with E-state index < -0.39 is 0 Å². The number of hydrogen-bond acceptors (Lipinski definition) is 2. The number of aryl methyl sites for hydroxylation is 1. The van der Waals surface area contributed by atoms with Crippen molar-refractivity contribution in [2.45, 2.75) is 39.5 Å². The van der Waals surface area contributed by atoms with Gasteiger partial charge in [-0.15, -0.1) is 0 Å². The number of rotatable bonds is 7. The van der Waals surface area contributed by atoms with E-state index in [0.717, 1.165) is 12.5 Å². The molecule has 0 bridgehead atoms. The van der Waals surface area contributed by atoms with Gasteiger partial charge in [-0.3, -0.25) is 0 Å². The first-order chi connectivity index (χ1) is 9.33. The molecule has 1 aliphatic heterocycles. The summed E-state index contributed by atoms with van der Waals surface area (Å²) in [6.45, 7) is 9.11. The van der Waals surface area contributed by atoms with Crippen LogP contribution >= 0.6 is 0 Å². The molecule has 0 saturated carbocycles. The van der Waals surface area contributed by atoms with Crippen molar-refractivity contribution in [1.82, 2.24) is 5.32 Å². The highest BCUT2D eigenvalue weighted by molar-refractivity contribution is 5.48. The summed E-state index contributed by atoms with van der Waals surface area (Å²) in [5.41, 5.74) is 2.88. The minimum Gasteiger partial charge on any atom is -0.371 e. The van der Waals surface area contributed by atoms with E-state index in [1.165, 1.54) is 56.6 Å². The van der Waals surface area contributed by atoms with Crippen molar-refractivity contribution in [2.75, 3.05) is 31.1 Å². The van der Waals surface area contributed by atoms with Gasteiger partial charge in [0.05, 0.1) is 0 Å². The molecule has 1 atom stereocenters. The van der Waals surface area contributed by atoms with Crippen molar-refractivity contribution in [2.24, 2.45) is 5.92 Å². The molecular weight excluding hydrogens is 232 g/mol. The molecule has 0 amide bonds. The quantitative estimate of drug-likeness (QED) is 0.807. The van der Waals surface area contributed by atoms with Crippen molar-refractivity contribution in [1.29, 1.82) is 0 Å². The number of hydrogen-bond donors (Lipinski definition) is 1. The molecule has 2 heteroatoms. The van der Waals surface area contributed by atoms with E-state index in [1.54, 1.807) is 0 Å². The fourth-order valence-electron chi connectivity index (χ4n) is 2.84. The second-order valence-electron chi connectivity index (χ2n) is 5.68. The Morgan fingerprint density at radius 2 is 2.00 bits per heavy atom. The first-order valence-electron chi connectivity index (χ1n) is 7.88. The molecule has 19 heavy (non-hydrogen) atoms. The van der Waals surface area contributed by atoms with Crippen LogP contribution < -0.4 is 10.2 Å². The van der Waals surface area contributed by atoms with Crippen molar-refractivity contribution >= 4 is 5.69 Å². The van der Waals surface area contributed by atoms with Crippen LogP contribution in [0.2, 0.25) is 0 Å². The topological polar surface area (TPSA) is 15.3 Å². The van der Waals surface area contributed by atoms with Gasteiger partial charge in [-0.05, 0) is 56.0 Å². The number of unbranched alkanes of at least 4 members (excludes halogenated alkanes) is 1. The molecule has 0 aromatic heterocycles. The van der Waals surface area contributed by atoms with Crippen LogP contribution in [0, 0.1) is 5.92 Å². The van der Waals surface area contributed by atoms with Crippen molar-refractivity contribution in [3.8, 4) is 0 Å². The predicted molar refractivity (Wildman–Crippen MR) is 83.9 cm³/mol. The van der Waals surface area contributed by atoms with Gasteiger partial charge < -0.3 is 10.2 Å². The summed E-state index contributed by atoms with van der Waals surface area (Å²) < 4.78 is 0. The van der Waals surface area contributed by atoms with E-state index in [-0.39, 0.29) is 0 Å². The minimum atomic E-state index is 0.819. The maximum Gasteiger partial charge on any atom is 0.0366 e. The molecule has 1 fully saturated rings. The normalized spacial score (nSPS) is 19.1.